The molecule has 1 rings (SSSR count). The first-order chi connectivity index (χ1) is 4.84. The summed E-state index contributed by atoms with van der Waals surface area (Å²) in [5, 5.41) is 0. The standard InChI is InChI=1S/C5H6N2O2S/c1-4-5(7-10-6-4)9-3-2-8/h2H,3H2,1H3. The lowest BCUT2D eigenvalue weighted by Crippen LogP contribution is -1.98. The van der Waals surface area contributed by atoms with E-state index in [2.05, 4.69) is 8.75 Å². The van der Waals surface area contributed by atoms with Gasteiger partial charge in [0, 0.05) is 0 Å². The molecule has 0 radical (unpaired) electrons. The average molecular weight is 158 g/mol. The minimum atomic E-state index is 0.0479. The molecule has 0 N–H and O–H groups in total. The zero-order chi connectivity index (χ0) is 7.40. The van der Waals surface area contributed by atoms with Gasteiger partial charge in [-0.2, -0.15) is 4.37 Å². The first-order valence-corrected chi connectivity index (χ1v) is 3.43. The molecule has 4 nitrogen and oxygen atoms in total. The van der Waals surface area contributed by atoms with Crippen molar-refractivity contribution < 1.29 is 9.53 Å². The molecular weight excluding hydrogens is 152 g/mol. The molecule has 0 spiro atoms. The van der Waals surface area contributed by atoms with E-state index in [1.54, 1.807) is 6.92 Å². The molecule has 1 aromatic heterocycles. The van der Waals surface area contributed by atoms with Gasteiger partial charge in [0.15, 0.2) is 6.29 Å². The zero-order valence-corrected chi connectivity index (χ0v) is 6.22. The summed E-state index contributed by atoms with van der Waals surface area (Å²) in [6.45, 7) is 1.83. The Hall–Kier alpha value is -0.970. The summed E-state index contributed by atoms with van der Waals surface area (Å²) < 4.78 is 12.6. The van der Waals surface area contributed by atoms with Gasteiger partial charge in [-0.3, -0.25) is 4.79 Å². The van der Waals surface area contributed by atoms with Crippen LogP contribution in [0.5, 0.6) is 5.88 Å². The number of carbonyl (C=O) groups is 1. The number of hydrogen-bond donors (Lipinski definition) is 0. The molecular formula is C5H6N2O2S. The normalized spacial score (nSPS) is 9.30. The monoisotopic (exact) mass is 158 g/mol. The highest BCUT2D eigenvalue weighted by atomic mass is 32.1. The van der Waals surface area contributed by atoms with Crippen LogP contribution >= 0.6 is 11.7 Å². The van der Waals surface area contributed by atoms with E-state index in [4.69, 9.17) is 4.74 Å². The lowest BCUT2D eigenvalue weighted by Gasteiger charge is -1.94. The second-order valence-corrected chi connectivity index (χ2v) is 2.16. The molecule has 0 saturated carbocycles. The molecule has 5 heteroatoms. The van der Waals surface area contributed by atoms with Crippen LogP contribution in [-0.4, -0.2) is 21.6 Å². The third-order valence-corrected chi connectivity index (χ3v) is 1.50. The van der Waals surface area contributed by atoms with Crippen molar-refractivity contribution >= 4 is 18.0 Å². The van der Waals surface area contributed by atoms with Gasteiger partial charge in [0.25, 0.3) is 0 Å². The van der Waals surface area contributed by atoms with Crippen molar-refractivity contribution in [1.29, 1.82) is 0 Å². The van der Waals surface area contributed by atoms with E-state index in [0.717, 1.165) is 17.4 Å². The van der Waals surface area contributed by atoms with Gasteiger partial charge in [-0.15, -0.1) is 4.37 Å². The summed E-state index contributed by atoms with van der Waals surface area (Å²) in [4.78, 5) is 9.84. The van der Waals surface area contributed by atoms with Gasteiger partial charge < -0.3 is 4.74 Å². The fraction of sp³-hybridized carbons (Fsp3) is 0.400. The molecule has 0 aliphatic rings. The molecule has 0 bridgehead atoms. The van der Waals surface area contributed by atoms with Gasteiger partial charge in [0.2, 0.25) is 5.88 Å². The largest absolute Gasteiger partial charge is 0.468 e. The molecule has 0 aliphatic carbocycles. The molecule has 0 aromatic carbocycles. The Labute approximate surface area is 62.2 Å². The lowest BCUT2D eigenvalue weighted by molar-refractivity contribution is -0.109. The van der Waals surface area contributed by atoms with Crippen LogP contribution in [-0.2, 0) is 4.79 Å². The summed E-state index contributed by atoms with van der Waals surface area (Å²) in [5.74, 6) is 0.456. The Bertz CT molecular complexity index is 223. The third kappa shape index (κ3) is 1.51. The predicted molar refractivity (Wildman–Crippen MR) is 36.2 cm³/mol. The van der Waals surface area contributed by atoms with E-state index in [0.29, 0.717) is 12.2 Å². The quantitative estimate of drug-likeness (QED) is 0.598. The van der Waals surface area contributed by atoms with Crippen molar-refractivity contribution in [2.45, 2.75) is 6.92 Å². The molecule has 1 heterocycles. The molecule has 0 saturated heterocycles. The summed E-state index contributed by atoms with van der Waals surface area (Å²) in [5.41, 5.74) is 0.729. The summed E-state index contributed by atoms with van der Waals surface area (Å²) in [7, 11) is 0. The molecule has 54 valence electrons. The van der Waals surface area contributed by atoms with Crippen LogP contribution in [0.3, 0.4) is 0 Å². The smallest absolute Gasteiger partial charge is 0.249 e. The first kappa shape index (κ1) is 7.14. The molecule has 0 fully saturated rings. The number of aromatic nitrogens is 2. The number of ether oxygens (including phenoxy) is 1. The Morgan fingerprint density at radius 1 is 1.70 bits per heavy atom. The highest BCUT2D eigenvalue weighted by Crippen LogP contribution is 2.12. The van der Waals surface area contributed by atoms with Crippen molar-refractivity contribution in [2.75, 3.05) is 6.61 Å². The maximum atomic E-state index is 9.84. The Kier molecular flexibility index (Phi) is 2.33. The van der Waals surface area contributed by atoms with Gasteiger partial charge in [-0.25, -0.2) is 0 Å². The Morgan fingerprint density at radius 2 is 2.50 bits per heavy atom. The molecule has 0 unspecified atom stereocenters. The van der Waals surface area contributed by atoms with E-state index >= 15 is 0 Å². The minimum absolute atomic E-state index is 0.0479. The van der Waals surface area contributed by atoms with Crippen LogP contribution in [0.4, 0.5) is 0 Å². The van der Waals surface area contributed by atoms with Gasteiger partial charge in [0.1, 0.15) is 12.3 Å². The van der Waals surface area contributed by atoms with Gasteiger partial charge >= 0.3 is 0 Å². The van der Waals surface area contributed by atoms with Crippen molar-refractivity contribution in [3.63, 3.8) is 0 Å². The van der Waals surface area contributed by atoms with Gasteiger partial charge in [-0.05, 0) is 6.92 Å². The topological polar surface area (TPSA) is 52.1 Å². The first-order valence-electron chi connectivity index (χ1n) is 2.70. The van der Waals surface area contributed by atoms with E-state index in [-0.39, 0.29) is 6.61 Å². The van der Waals surface area contributed by atoms with Gasteiger partial charge in [-0.1, -0.05) is 0 Å². The van der Waals surface area contributed by atoms with Crippen LogP contribution in [0.15, 0.2) is 0 Å². The van der Waals surface area contributed by atoms with Crippen molar-refractivity contribution in [3.8, 4) is 5.88 Å². The van der Waals surface area contributed by atoms with Crippen LogP contribution in [0, 0.1) is 6.92 Å². The highest BCUT2D eigenvalue weighted by molar-refractivity contribution is 6.99. The van der Waals surface area contributed by atoms with Crippen LogP contribution < -0.4 is 4.74 Å². The SMILES string of the molecule is Cc1nsnc1OCC=O. The average Bonchev–Trinajstić information content (AvgIpc) is 2.31. The maximum absolute atomic E-state index is 9.84. The molecule has 1 aromatic rings. The molecule has 0 aliphatic heterocycles. The van der Waals surface area contributed by atoms with Crippen molar-refractivity contribution in [1.82, 2.24) is 8.75 Å². The van der Waals surface area contributed by atoms with Crippen molar-refractivity contribution in [3.05, 3.63) is 5.69 Å². The minimum Gasteiger partial charge on any atom is -0.468 e. The summed E-state index contributed by atoms with van der Waals surface area (Å²) in [6.07, 6.45) is 0.679. The zero-order valence-electron chi connectivity index (χ0n) is 5.40. The fourth-order valence-corrected chi connectivity index (χ4v) is 0.968. The number of rotatable bonds is 3. The lowest BCUT2D eigenvalue weighted by atomic mass is 10.5. The third-order valence-electron chi connectivity index (χ3n) is 0.899. The molecule has 10 heavy (non-hydrogen) atoms. The van der Waals surface area contributed by atoms with E-state index in [1.807, 2.05) is 0 Å². The van der Waals surface area contributed by atoms with Gasteiger partial charge in [0.05, 0.1) is 11.7 Å². The Balaban J connectivity index is 2.56. The van der Waals surface area contributed by atoms with E-state index < -0.39 is 0 Å². The number of hydrogen-bond acceptors (Lipinski definition) is 5. The number of carbonyl (C=O) groups excluding carboxylic acids is 1. The number of aldehydes is 1. The fourth-order valence-electron chi connectivity index (χ4n) is 0.468. The number of nitrogens with zero attached hydrogens (tertiary/aromatic N) is 2. The van der Waals surface area contributed by atoms with Crippen molar-refractivity contribution in [2.24, 2.45) is 0 Å². The second-order valence-electron chi connectivity index (χ2n) is 1.63. The number of aryl methyl sites for hydroxylation is 1. The Morgan fingerprint density at radius 3 is 3.00 bits per heavy atom. The highest BCUT2D eigenvalue weighted by Gasteiger charge is 2.01. The molecule has 0 atom stereocenters. The van der Waals surface area contributed by atoms with Crippen LogP contribution in [0.1, 0.15) is 5.69 Å². The van der Waals surface area contributed by atoms with Crippen LogP contribution in [0.25, 0.3) is 0 Å². The summed E-state index contributed by atoms with van der Waals surface area (Å²) >= 11 is 1.08. The van der Waals surface area contributed by atoms with Crippen LogP contribution in [0.2, 0.25) is 0 Å². The molecule has 0 amide bonds. The second kappa shape index (κ2) is 3.26. The van der Waals surface area contributed by atoms with E-state index in [1.165, 1.54) is 0 Å². The summed E-state index contributed by atoms with van der Waals surface area (Å²) in [6, 6.07) is 0. The van der Waals surface area contributed by atoms with E-state index in [9.17, 15) is 4.79 Å². The predicted octanol–water partition coefficient (Wildman–Crippen LogP) is 0.424. The maximum Gasteiger partial charge on any atom is 0.249 e.